The van der Waals surface area contributed by atoms with Crippen LogP contribution in [0.5, 0.6) is 0 Å². The number of hydrogen-bond acceptors (Lipinski definition) is 4. The average Bonchev–Trinajstić information content (AvgIpc) is 3.17. The fraction of sp³-hybridized carbons (Fsp3) is 0.462. The lowest BCUT2D eigenvalue weighted by Gasteiger charge is -2.32. The van der Waals surface area contributed by atoms with Crippen LogP contribution in [-0.2, 0) is 22.6 Å². The molecule has 6 nitrogen and oxygen atoms in total. The molecule has 2 aliphatic rings. The van der Waals surface area contributed by atoms with Crippen molar-refractivity contribution in [2.45, 2.75) is 33.2 Å². The molecule has 2 fully saturated rings. The zero-order chi connectivity index (χ0) is 22.7. The summed E-state index contributed by atoms with van der Waals surface area (Å²) in [6.07, 6.45) is 1.11. The van der Waals surface area contributed by atoms with E-state index < -0.39 is 0 Å². The minimum atomic E-state index is -0.336. The lowest BCUT2D eigenvalue weighted by Crippen LogP contribution is -2.43. The van der Waals surface area contributed by atoms with Crippen molar-refractivity contribution in [2.75, 3.05) is 50.0 Å². The van der Waals surface area contributed by atoms with Gasteiger partial charge in [0.05, 0.1) is 5.92 Å². The molecule has 0 aromatic heterocycles. The van der Waals surface area contributed by atoms with Gasteiger partial charge < -0.3 is 15.1 Å². The van der Waals surface area contributed by atoms with E-state index in [0.29, 0.717) is 6.54 Å². The van der Waals surface area contributed by atoms with E-state index in [-0.39, 0.29) is 24.2 Å². The van der Waals surface area contributed by atoms with Gasteiger partial charge in [-0.05, 0) is 49.2 Å². The van der Waals surface area contributed by atoms with E-state index in [1.807, 2.05) is 31.2 Å². The summed E-state index contributed by atoms with van der Waals surface area (Å²) in [5.74, 6) is -0.396. The van der Waals surface area contributed by atoms with Crippen LogP contribution in [0.1, 0.15) is 30.0 Å². The lowest BCUT2D eigenvalue weighted by molar-refractivity contribution is -0.122. The number of rotatable bonds is 6. The average molecular weight is 435 g/mol. The third kappa shape index (κ3) is 5.03. The zero-order valence-electron chi connectivity index (χ0n) is 19.4. The molecule has 0 spiro atoms. The first-order valence-corrected chi connectivity index (χ1v) is 11.6. The Balaban J connectivity index is 1.36. The molecular formula is C26H34N4O2. The summed E-state index contributed by atoms with van der Waals surface area (Å²) < 4.78 is 0. The number of nitrogens with one attached hydrogen (secondary N) is 1. The van der Waals surface area contributed by atoms with Crippen molar-refractivity contribution in [1.82, 2.24) is 9.80 Å². The number of para-hydroxylation sites is 1. The van der Waals surface area contributed by atoms with Gasteiger partial charge in [-0.3, -0.25) is 14.5 Å². The van der Waals surface area contributed by atoms with Crippen LogP contribution in [0.2, 0.25) is 0 Å². The van der Waals surface area contributed by atoms with E-state index in [4.69, 9.17) is 0 Å². The Morgan fingerprint density at radius 2 is 1.78 bits per heavy atom. The minimum absolute atomic E-state index is 0.0247. The highest BCUT2D eigenvalue weighted by molar-refractivity contribution is 6.04. The molecule has 0 bridgehead atoms. The first-order valence-electron chi connectivity index (χ1n) is 11.6. The van der Waals surface area contributed by atoms with Gasteiger partial charge in [-0.15, -0.1) is 0 Å². The number of benzene rings is 2. The standard InChI is InChI=1S/C26H34N4O2/c1-4-21-7-5-6-19(2)25(21)30-18-22(16-24(30)31)26(32)27-23-10-8-20(9-11-23)17-29-14-12-28(3)13-15-29/h5-11,22H,4,12-18H2,1-3H3,(H,27,32). The molecule has 2 saturated heterocycles. The Morgan fingerprint density at radius 3 is 2.47 bits per heavy atom. The fourth-order valence-electron chi connectivity index (χ4n) is 4.69. The maximum Gasteiger partial charge on any atom is 0.229 e. The molecule has 1 N–H and O–H groups in total. The van der Waals surface area contributed by atoms with Crippen molar-refractivity contribution >= 4 is 23.2 Å². The Morgan fingerprint density at radius 1 is 1.06 bits per heavy atom. The van der Waals surface area contributed by atoms with E-state index in [0.717, 1.165) is 61.6 Å². The molecule has 2 aromatic rings. The van der Waals surface area contributed by atoms with Gasteiger partial charge in [0.15, 0.2) is 0 Å². The molecule has 6 heteroatoms. The summed E-state index contributed by atoms with van der Waals surface area (Å²) in [7, 11) is 2.16. The van der Waals surface area contributed by atoms with Crippen LogP contribution in [0.3, 0.4) is 0 Å². The molecule has 2 amide bonds. The molecule has 1 atom stereocenters. The smallest absolute Gasteiger partial charge is 0.229 e. The molecule has 0 saturated carbocycles. The van der Waals surface area contributed by atoms with Crippen molar-refractivity contribution in [3.8, 4) is 0 Å². The Labute approximate surface area is 191 Å². The molecular weight excluding hydrogens is 400 g/mol. The number of anilines is 2. The monoisotopic (exact) mass is 434 g/mol. The van der Waals surface area contributed by atoms with Crippen LogP contribution in [0.25, 0.3) is 0 Å². The Bertz CT molecular complexity index is 964. The zero-order valence-corrected chi connectivity index (χ0v) is 19.4. The molecule has 4 rings (SSSR count). The normalized spacial score (nSPS) is 20.0. The number of carbonyl (C=O) groups is 2. The van der Waals surface area contributed by atoms with Gasteiger partial charge in [-0.2, -0.15) is 0 Å². The SMILES string of the molecule is CCc1cccc(C)c1N1CC(C(=O)Nc2ccc(CN3CCN(C)CC3)cc2)CC1=O. The molecule has 0 aliphatic carbocycles. The summed E-state index contributed by atoms with van der Waals surface area (Å²) in [5.41, 5.74) is 5.24. The number of aryl methyl sites for hydroxylation is 2. The molecule has 2 aromatic carbocycles. The van der Waals surface area contributed by atoms with Crippen LogP contribution in [0.4, 0.5) is 11.4 Å². The largest absolute Gasteiger partial charge is 0.326 e. The van der Waals surface area contributed by atoms with Gasteiger partial charge in [-0.1, -0.05) is 37.3 Å². The third-order valence-electron chi connectivity index (χ3n) is 6.69. The van der Waals surface area contributed by atoms with E-state index in [1.165, 1.54) is 5.56 Å². The van der Waals surface area contributed by atoms with Crippen LogP contribution in [0.15, 0.2) is 42.5 Å². The molecule has 2 aliphatic heterocycles. The lowest BCUT2D eigenvalue weighted by atomic mass is 10.0. The van der Waals surface area contributed by atoms with Gasteiger partial charge in [0.2, 0.25) is 11.8 Å². The fourth-order valence-corrected chi connectivity index (χ4v) is 4.69. The minimum Gasteiger partial charge on any atom is -0.326 e. The topological polar surface area (TPSA) is 55.9 Å². The first-order chi connectivity index (χ1) is 15.4. The molecule has 32 heavy (non-hydrogen) atoms. The predicted octanol–water partition coefficient (Wildman–Crippen LogP) is 3.30. The van der Waals surface area contributed by atoms with E-state index in [1.54, 1.807) is 4.90 Å². The van der Waals surface area contributed by atoms with Crippen LogP contribution in [0, 0.1) is 12.8 Å². The van der Waals surface area contributed by atoms with E-state index in [9.17, 15) is 9.59 Å². The molecule has 2 heterocycles. The van der Waals surface area contributed by atoms with Crippen molar-refractivity contribution < 1.29 is 9.59 Å². The Kier molecular flexibility index (Phi) is 6.92. The van der Waals surface area contributed by atoms with Crippen molar-refractivity contribution in [3.63, 3.8) is 0 Å². The van der Waals surface area contributed by atoms with Crippen molar-refractivity contribution in [2.24, 2.45) is 5.92 Å². The van der Waals surface area contributed by atoms with Crippen LogP contribution < -0.4 is 10.2 Å². The molecule has 0 radical (unpaired) electrons. The van der Waals surface area contributed by atoms with Crippen LogP contribution >= 0.6 is 0 Å². The summed E-state index contributed by atoms with van der Waals surface area (Å²) in [6, 6.07) is 14.2. The summed E-state index contributed by atoms with van der Waals surface area (Å²) in [5, 5.41) is 3.02. The summed E-state index contributed by atoms with van der Waals surface area (Å²) in [4.78, 5) is 32.3. The quantitative estimate of drug-likeness (QED) is 0.758. The maximum atomic E-state index is 12.9. The highest BCUT2D eigenvalue weighted by atomic mass is 16.2. The van der Waals surface area contributed by atoms with Crippen LogP contribution in [-0.4, -0.2) is 61.4 Å². The second-order valence-electron chi connectivity index (χ2n) is 9.11. The highest BCUT2D eigenvalue weighted by Gasteiger charge is 2.36. The predicted molar refractivity (Wildman–Crippen MR) is 129 cm³/mol. The van der Waals surface area contributed by atoms with Gasteiger partial charge in [-0.25, -0.2) is 0 Å². The molecule has 1 unspecified atom stereocenters. The van der Waals surface area contributed by atoms with Gasteiger partial charge in [0.1, 0.15) is 0 Å². The van der Waals surface area contributed by atoms with Crippen molar-refractivity contribution in [1.29, 1.82) is 0 Å². The van der Waals surface area contributed by atoms with Gasteiger partial charge in [0, 0.05) is 57.1 Å². The number of likely N-dealkylation sites (N-methyl/N-ethyl adjacent to an activating group) is 1. The highest BCUT2D eigenvalue weighted by Crippen LogP contribution is 2.32. The molecule has 170 valence electrons. The number of nitrogens with zero attached hydrogens (tertiary/aromatic N) is 3. The maximum absolute atomic E-state index is 12.9. The second kappa shape index (κ2) is 9.84. The number of piperazine rings is 1. The van der Waals surface area contributed by atoms with Gasteiger partial charge in [0.25, 0.3) is 0 Å². The van der Waals surface area contributed by atoms with Gasteiger partial charge >= 0.3 is 0 Å². The van der Waals surface area contributed by atoms with E-state index in [2.05, 4.69) is 47.3 Å². The van der Waals surface area contributed by atoms with Crippen molar-refractivity contribution in [3.05, 3.63) is 59.2 Å². The summed E-state index contributed by atoms with van der Waals surface area (Å²) >= 11 is 0. The number of hydrogen-bond donors (Lipinski definition) is 1. The third-order valence-corrected chi connectivity index (χ3v) is 6.69. The first kappa shape index (κ1) is 22.5. The second-order valence-corrected chi connectivity index (χ2v) is 9.11. The number of amides is 2. The summed E-state index contributed by atoms with van der Waals surface area (Å²) in [6.45, 7) is 9.87. The number of carbonyl (C=O) groups excluding carboxylic acids is 2. The Hall–Kier alpha value is -2.70. The van der Waals surface area contributed by atoms with E-state index >= 15 is 0 Å².